The normalized spacial score (nSPS) is 17.3. The summed E-state index contributed by atoms with van der Waals surface area (Å²) < 4.78 is 5.76. The second-order valence-corrected chi connectivity index (χ2v) is 6.40. The van der Waals surface area contributed by atoms with Crippen molar-refractivity contribution in [2.24, 2.45) is 4.99 Å². The highest BCUT2D eigenvalue weighted by Crippen LogP contribution is 2.24. The summed E-state index contributed by atoms with van der Waals surface area (Å²) in [4.78, 5) is 20.9. The van der Waals surface area contributed by atoms with Crippen molar-refractivity contribution in [3.63, 3.8) is 0 Å². The Hall–Kier alpha value is -2.30. The summed E-state index contributed by atoms with van der Waals surface area (Å²) in [6.07, 6.45) is 3.87. The Morgan fingerprint density at radius 3 is 2.50 bits per heavy atom. The minimum Gasteiger partial charge on any atom is -0.420 e. The van der Waals surface area contributed by atoms with E-state index in [0.29, 0.717) is 24.9 Å². The number of carbonyl (C=O) groups is 1. The number of rotatable bonds is 8. The average Bonchev–Trinajstić information content (AvgIpc) is 2.92. The number of nitrogens with zero attached hydrogens (tertiary/aromatic N) is 3. The van der Waals surface area contributed by atoms with Crippen LogP contribution in [0, 0.1) is 6.92 Å². The second-order valence-electron chi connectivity index (χ2n) is 6.40. The second kappa shape index (κ2) is 9.41. The van der Waals surface area contributed by atoms with Crippen LogP contribution in [0.25, 0.3) is 6.08 Å². The number of aryl methyl sites for hydroxylation is 1. The summed E-state index contributed by atoms with van der Waals surface area (Å²) in [5.41, 5.74) is 3.39. The first-order valence-electron chi connectivity index (χ1n) is 9.67. The molecular formula is C21H31N3O2. The number of anilines is 1. The monoisotopic (exact) mass is 357 g/mol. The van der Waals surface area contributed by atoms with Gasteiger partial charge in [-0.1, -0.05) is 19.4 Å². The van der Waals surface area contributed by atoms with Gasteiger partial charge in [-0.3, -0.25) is 9.69 Å². The number of unbranched alkanes of at least 4 members (excludes halogenated alkanes) is 1. The Labute approximate surface area is 157 Å². The van der Waals surface area contributed by atoms with Crippen molar-refractivity contribution in [3.05, 3.63) is 35.1 Å². The van der Waals surface area contributed by atoms with Crippen LogP contribution in [-0.4, -0.2) is 43.0 Å². The maximum Gasteiger partial charge on any atom is 0.300 e. The van der Waals surface area contributed by atoms with Gasteiger partial charge < -0.3 is 9.64 Å². The lowest BCUT2D eigenvalue weighted by molar-refractivity contribution is -0.122. The van der Waals surface area contributed by atoms with Crippen molar-refractivity contribution in [1.29, 1.82) is 0 Å². The molecule has 5 nitrogen and oxygen atoms in total. The Morgan fingerprint density at radius 2 is 1.92 bits per heavy atom. The first kappa shape index (κ1) is 20.0. The zero-order chi connectivity index (χ0) is 19.1. The number of amides is 1. The van der Waals surface area contributed by atoms with Gasteiger partial charge in [0.2, 0.25) is 0 Å². The summed E-state index contributed by atoms with van der Waals surface area (Å²) in [5.74, 6) is 0.227. The van der Waals surface area contributed by atoms with Crippen LogP contribution in [-0.2, 0) is 9.53 Å². The first-order chi connectivity index (χ1) is 12.5. The molecule has 0 radical (unpaired) electrons. The van der Waals surface area contributed by atoms with Gasteiger partial charge in [-0.05, 0) is 63.5 Å². The van der Waals surface area contributed by atoms with Gasteiger partial charge in [0.05, 0.1) is 0 Å². The minimum atomic E-state index is -0.117. The molecule has 1 aliphatic rings. The summed E-state index contributed by atoms with van der Waals surface area (Å²) in [5, 5.41) is 0. The maximum atomic E-state index is 12.6. The fraction of sp³-hybridized carbons (Fsp3) is 0.524. The molecule has 1 saturated heterocycles. The van der Waals surface area contributed by atoms with Gasteiger partial charge in [0.25, 0.3) is 11.9 Å². The summed E-state index contributed by atoms with van der Waals surface area (Å²) in [6, 6.07) is 6.67. The van der Waals surface area contributed by atoms with Gasteiger partial charge in [-0.25, -0.2) is 4.99 Å². The summed E-state index contributed by atoms with van der Waals surface area (Å²) >= 11 is 0. The predicted molar refractivity (Wildman–Crippen MR) is 108 cm³/mol. The number of benzene rings is 1. The van der Waals surface area contributed by atoms with E-state index >= 15 is 0 Å². The quantitative estimate of drug-likeness (QED) is 0.517. The number of aliphatic imine (C=N–C) groups is 1. The number of hydrogen-bond donors (Lipinski definition) is 0. The van der Waals surface area contributed by atoms with Crippen molar-refractivity contribution in [2.45, 2.75) is 47.5 Å². The number of ether oxygens (including phenoxy) is 1. The highest BCUT2D eigenvalue weighted by Gasteiger charge is 2.33. The van der Waals surface area contributed by atoms with Crippen molar-refractivity contribution < 1.29 is 9.53 Å². The molecule has 0 N–H and O–H groups in total. The first-order valence-corrected chi connectivity index (χ1v) is 9.67. The topological polar surface area (TPSA) is 45.1 Å². The number of likely N-dealkylation sites (N-methyl/N-ethyl adjacent to an activating group) is 1. The highest BCUT2D eigenvalue weighted by atomic mass is 16.5. The largest absolute Gasteiger partial charge is 0.420 e. The fourth-order valence-electron chi connectivity index (χ4n) is 3.08. The average molecular weight is 357 g/mol. The molecule has 142 valence electrons. The standard InChI is InChI=1S/C21H31N3O2/c1-6-10-13-22-21-24(9-4)20(25)19(26-21)15-17-11-12-18(16(5)14-17)23(7-2)8-3/h11-12,14-15H,6-10,13H2,1-5H3/b19-15+,22-21+. The van der Waals surface area contributed by atoms with Crippen LogP contribution in [0.2, 0.25) is 0 Å². The summed E-state index contributed by atoms with van der Waals surface area (Å²) in [7, 11) is 0. The highest BCUT2D eigenvalue weighted by molar-refractivity contribution is 6.11. The Kier molecular flexibility index (Phi) is 7.25. The minimum absolute atomic E-state index is 0.117. The van der Waals surface area contributed by atoms with Gasteiger partial charge in [-0.15, -0.1) is 0 Å². The maximum absolute atomic E-state index is 12.6. The van der Waals surface area contributed by atoms with E-state index in [1.807, 2.05) is 19.1 Å². The molecular weight excluding hydrogens is 326 g/mol. The molecule has 1 heterocycles. The van der Waals surface area contributed by atoms with E-state index in [1.165, 1.54) is 11.3 Å². The van der Waals surface area contributed by atoms with Crippen LogP contribution in [0.15, 0.2) is 29.0 Å². The third kappa shape index (κ3) is 4.45. The smallest absolute Gasteiger partial charge is 0.300 e. The molecule has 0 aliphatic carbocycles. The fourth-order valence-corrected chi connectivity index (χ4v) is 3.08. The molecule has 1 aromatic rings. The molecule has 0 unspecified atom stereocenters. The van der Waals surface area contributed by atoms with Crippen LogP contribution in [0.3, 0.4) is 0 Å². The van der Waals surface area contributed by atoms with Crippen molar-refractivity contribution in [2.75, 3.05) is 31.1 Å². The SMILES string of the molecule is CCCC/N=C1/O/C(=C/c2ccc(N(CC)CC)c(C)c2)C(=O)N1CC. The Morgan fingerprint density at radius 1 is 1.19 bits per heavy atom. The molecule has 26 heavy (non-hydrogen) atoms. The Bertz CT molecular complexity index is 690. The van der Waals surface area contributed by atoms with E-state index in [0.717, 1.165) is 31.5 Å². The molecule has 1 aliphatic heterocycles. The molecule has 1 aromatic carbocycles. The van der Waals surface area contributed by atoms with Crippen molar-refractivity contribution >= 4 is 23.7 Å². The van der Waals surface area contributed by atoms with Crippen LogP contribution in [0.5, 0.6) is 0 Å². The van der Waals surface area contributed by atoms with Gasteiger partial charge in [-0.2, -0.15) is 0 Å². The zero-order valence-corrected chi connectivity index (χ0v) is 16.7. The van der Waals surface area contributed by atoms with E-state index in [4.69, 9.17) is 4.74 Å². The van der Waals surface area contributed by atoms with Crippen LogP contribution < -0.4 is 4.90 Å². The molecule has 1 amide bonds. The number of amidine groups is 1. The molecule has 5 heteroatoms. The molecule has 0 atom stereocenters. The van der Waals surface area contributed by atoms with Crippen LogP contribution in [0.4, 0.5) is 5.69 Å². The summed E-state index contributed by atoms with van der Waals surface area (Å²) in [6.45, 7) is 13.6. The molecule has 0 aromatic heterocycles. The van der Waals surface area contributed by atoms with E-state index in [2.05, 4.69) is 49.7 Å². The predicted octanol–water partition coefficient (Wildman–Crippen LogP) is 4.22. The number of hydrogen-bond acceptors (Lipinski definition) is 4. The van der Waals surface area contributed by atoms with Gasteiger partial charge in [0.15, 0.2) is 5.76 Å². The van der Waals surface area contributed by atoms with Crippen LogP contribution in [0.1, 0.15) is 51.7 Å². The lowest BCUT2D eigenvalue weighted by atomic mass is 10.1. The van der Waals surface area contributed by atoms with Crippen LogP contribution >= 0.6 is 0 Å². The third-order valence-electron chi connectivity index (χ3n) is 4.59. The van der Waals surface area contributed by atoms with E-state index in [9.17, 15) is 4.79 Å². The van der Waals surface area contributed by atoms with E-state index in [-0.39, 0.29) is 5.91 Å². The van der Waals surface area contributed by atoms with Gasteiger partial charge in [0, 0.05) is 31.9 Å². The lowest BCUT2D eigenvalue weighted by Crippen LogP contribution is -2.29. The molecule has 0 saturated carbocycles. The molecule has 1 fully saturated rings. The van der Waals surface area contributed by atoms with Gasteiger partial charge in [0.1, 0.15) is 0 Å². The Balaban J connectivity index is 2.25. The van der Waals surface area contributed by atoms with E-state index < -0.39 is 0 Å². The van der Waals surface area contributed by atoms with Crippen molar-refractivity contribution in [3.8, 4) is 0 Å². The molecule has 0 bridgehead atoms. The molecule has 2 rings (SSSR count). The van der Waals surface area contributed by atoms with Crippen molar-refractivity contribution in [1.82, 2.24) is 4.90 Å². The lowest BCUT2D eigenvalue weighted by Gasteiger charge is -2.23. The van der Waals surface area contributed by atoms with E-state index in [1.54, 1.807) is 4.90 Å². The zero-order valence-electron chi connectivity index (χ0n) is 16.7. The number of carbonyl (C=O) groups excluding carboxylic acids is 1. The third-order valence-corrected chi connectivity index (χ3v) is 4.59. The van der Waals surface area contributed by atoms with Gasteiger partial charge >= 0.3 is 0 Å². The molecule has 0 spiro atoms.